The molecule has 0 aromatic heterocycles. The number of hydrogen-bond donors (Lipinski definition) is 2. The summed E-state index contributed by atoms with van der Waals surface area (Å²) in [5.74, 6) is -3.54. The number of aliphatic hydroxyl groups is 1. The van der Waals surface area contributed by atoms with Crippen LogP contribution in [0.1, 0.15) is 63.2 Å². The van der Waals surface area contributed by atoms with E-state index in [1.54, 1.807) is 17.1 Å². The second-order valence-electron chi connectivity index (χ2n) is 13.4. The van der Waals surface area contributed by atoms with Gasteiger partial charge in [0.15, 0.2) is 0 Å². The van der Waals surface area contributed by atoms with Crippen LogP contribution in [0.25, 0.3) is 0 Å². The van der Waals surface area contributed by atoms with Crippen molar-refractivity contribution in [1.82, 2.24) is 15.1 Å². The predicted octanol–water partition coefficient (Wildman–Crippen LogP) is 4.35. The first-order valence-electron chi connectivity index (χ1n) is 17.4. The van der Waals surface area contributed by atoms with E-state index < -0.39 is 47.7 Å². The molecular formula is C39H49N3O7. The number of ether oxygens (including phenoxy) is 2. The van der Waals surface area contributed by atoms with Crippen LogP contribution in [0.5, 0.6) is 0 Å². The molecule has 3 saturated heterocycles. The molecule has 5 rings (SSSR count). The molecule has 3 heterocycles. The molecule has 8 atom stereocenters. The molecule has 2 bridgehead atoms. The lowest BCUT2D eigenvalue weighted by molar-refractivity contribution is -0.161. The van der Waals surface area contributed by atoms with Gasteiger partial charge in [0.2, 0.25) is 17.7 Å². The number of benzene rings is 2. The number of hydrogen-bond acceptors (Lipinski definition) is 7. The summed E-state index contributed by atoms with van der Waals surface area (Å²) in [7, 11) is 0. The number of nitrogens with one attached hydrogen (secondary N) is 1. The molecule has 49 heavy (non-hydrogen) atoms. The van der Waals surface area contributed by atoms with Crippen LogP contribution < -0.4 is 5.32 Å². The zero-order chi connectivity index (χ0) is 35.1. The minimum Gasteiger partial charge on any atom is -0.455 e. The third-order valence-corrected chi connectivity index (χ3v) is 10.5. The Balaban J connectivity index is 1.48. The van der Waals surface area contributed by atoms with Crippen molar-refractivity contribution in [2.24, 2.45) is 17.8 Å². The smallest absolute Gasteiger partial charge is 0.313 e. The number of carbonyl (C=O) groups excluding carboxylic acids is 4. The Morgan fingerprint density at radius 1 is 1.12 bits per heavy atom. The molecule has 3 fully saturated rings. The van der Waals surface area contributed by atoms with Crippen LogP contribution in [-0.4, -0.2) is 82.1 Å². The maximum atomic E-state index is 14.8. The van der Waals surface area contributed by atoms with E-state index >= 15 is 0 Å². The summed E-state index contributed by atoms with van der Waals surface area (Å²) in [6.45, 7) is 11.7. The zero-order valence-corrected chi connectivity index (χ0v) is 28.5. The summed E-state index contributed by atoms with van der Waals surface area (Å²) in [6.07, 6.45) is 4.24. The van der Waals surface area contributed by atoms with Crippen LogP contribution in [-0.2, 0) is 35.2 Å². The monoisotopic (exact) mass is 671 g/mol. The quantitative estimate of drug-likeness (QED) is 0.189. The molecule has 262 valence electrons. The van der Waals surface area contributed by atoms with Gasteiger partial charge in [-0.3, -0.25) is 19.2 Å². The Bertz CT molecular complexity index is 1500. The Morgan fingerprint density at radius 3 is 2.45 bits per heavy atom. The number of nitrogens with zero attached hydrogens (tertiary/aromatic N) is 2. The molecule has 3 aliphatic heterocycles. The lowest BCUT2D eigenvalue weighted by Crippen LogP contribution is -2.59. The number of likely N-dealkylation sites (tertiary alicyclic amines) is 1. The van der Waals surface area contributed by atoms with E-state index in [1.807, 2.05) is 74.5 Å². The molecule has 2 N–H and O–H groups in total. The number of carbonyl (C=O) groups is 4. The van der Waals surface area contributed by atoms with Gasteiger partial charge >= 0.3 is 5.97 Å². The van der Waals surface area contributed by atoms with E-state index in [1.165, 1.54) is 4.90 Å². The van der Waals surface area contributed by atoms with Crippen molar-refractivity contribution in [2.75, 3.05) is 19.7 Å². The van der Waals surface area contributed by atoms with E-state index in [9.17, 15) is 24.3 Å². The van der Waals surface area contributed by atoms with E-state index in [2.05, 4.69) is 18.5 Å². The summed E-state index contributed by atoms with van der Waals surface area (Å²) in [4.78, 5) is 59.4. The SMILES string of the molecule is C=CCCC(=O)NC[C@H](OC(=O)[C@@H]1[C@H]2C(=O)N([C@@H](CO)[C@@H](C)CC)[C@H](C(=O)N(CC=C)Cc3ccccc3)[C@]23CC[C@H]1O3)c1ccccc1. The first-order chi connectivity index (χ1) is 23.7. The van der Waals surface area contributed by atoms with E-state index in [0.29, 0.717) is 37.8 Å². The fourth-order valence-corrected chi connectivity index (χ4v) is 7.82. The van der Waals surface area contributed by atoms with Gasteiger partial charge in [-0.05, 0) is 36.3 Å². The molecule has 2 aromatic rings. The van der Waals surface area contributed by atoms with E-state index in [0.717, 1.165) is 5.56 Å². The molecule has 0 saturated carbocycles. The number of amides is 3. The third kappa shape index (κ3) is 7.21. The van der Waals surface area contributed by atoms with Crippen molar-refractivity contribution in [3.05, 3.63) is 97.1 Å². The lowest BCUT2D eigenvalue weighted by atomic mass is 9.70. The Morgan fingerprint density at radius 2 is 1.82 bits per heavy atom. The van der Waals surface area contributed by atoms with Gasteiger partial charge in [0, 0.05) is 19.5 Å². The fourth-order valence-electron chi connectivity index (χ4n) is 7.82. The summed E-state index contributed by atoms with van der Waals surface area (Å²) in [5.41, 5.74) is 0.356. The number of allylic oxidation sites excluding steroid dienone is 1. The van der Waals surface area contributed by atoms with Crippen molar-refractivity contribution >= 4 is 23.7 Å². The van der Waals surface area contributed by atoms with Crippen molar-refractivity contribution in [2.45, 2.75) is 82.4 Å². The van der Waals surface area contributed by atoms with Crippen LogP contribution in [0.3, 0.4) is 0 Å². The molecule has 3 amide bonds. The summed E-state index contributed by atoms with van der Waals surface area (Å²) in [5, 5.41) is 13.5. The highest BCUT2D eigenvalue weighted by Crippen LogP contribution is 2.59. The van der Waals surface area contributed by atoms with Crippen molar-refractivity contribution in [1.29, 1.82) is 0 Å². The second-order valence-corrected chi connectivity index (χ2v) is 13.4. The number of rotatable bonds is 17. The Kier molecular flexibility index (Phi) is 11.7. The molecule has 10 nitrogen and oxygen atoms in total. The zero-order valence-electron chi connectivity index (χ0n) is 28.5. The van der Waals surface area contributed by atoms with Crippen LogP contribution in [0, 0.1) is 17.8 Å². The van der Waals surface area contributed by atoms with Crippen LogP contribution >= 0.6 is 0 Å². The molecule has 2 aromatic carbocycles. The minimum absolute atomic E-state index is 0.0531. The van der Waals surface area contributed by atoms with Gasteiger partial charge in [-0.2, -0.15) is 0 Å². The average Bonchev–Trinajstić information content (AvgIpc) is 3.77. The maximum absolute atomic E-state index is 14.8. The molecule has 0 aliphatic carbocycles. The Hall–Kier alpha value is -4.28. The van der Waals surface area contributed by atoms with Crippen molar-refractivity contribution < 1.29 is 33.8 Å². The summed E-state index contributed by atoms with van der Waals surface area (Å²) >= 11 is 0. The average molecular weight is 672 g/mol. The molecule has 0 radical (unpaired) electrons. The second kappa shape index (κ2) is 16.0. The van der Waals surface area contributed by atoms with Gasteiger partial charge in [-0.15, -0.1) is 13.2 Å². The molecule has 0 unspecified atom stereocenters. The number of aliphatic hydroxyl groups excluding tert-OH is 1. The summed E-state index contributed by atoms with van der Waals surface area (Å²) < 4.78 is 12.8. The van der Waals surface area contributed by atoms with E-state index in [4.69, 9.17) is 9.47 Å². The van der Waals surface area contributed by atoms with Crippen LogP contribution in [0.2, 0.25) is 0 Å². The number of esters is 1. The minimum atomic E-state index is -1.26. The highest BCUT2D eigenvalue weighted by molar-refractivity contribution is 5.98. The highest BCUT2D eigenvalue weighted by Gasteiger charge is 2.76. The first kappa shape index (κ1) is 36.0. The van der Waals surface area contributed by atoms with Gasteiger partial charge in [0.1, 0.15) is 17.7 Å². The van der Waals surface area contributed by atoms with Gasteiger partial charge in [-0.1, -0.05) is 93.1 Å². The normalized spacial score (nSPS) is 25.6. The standard InChI is InChI=1S/C39H49N3O7/c1-5-8-19-32(44)40-23-31(28-17-13-10-14-18-28)48-38(47)33-30-20-21-39(49-30)34(33)36(45)42(29(25-43)26(4)7-3)35(39)37(46)41(22-6-2)24-27-15-11-9-12-16-27/h5-6,9-18,26,29-31,33-35,43H,1-2,7-8,19-25H2,3-4H3,(H,40,44)/t26-,29-,30+,31-,33-,34-,35+,39-/m0/s1. The van der Waals surface area contributed by atoms with Gasteiger partial charge in [0.05, 0.1) is 37.1 Å². The van der Waals surface area contributed by atoms with Crippen molar-refractivity contribution in [3.8, 4) is 0 Å². The maximum Gasteiger partial charge on any atom is 0.313 e. The first-order valence-corrected chi connectivity index (χ1v) is 17.4. The van der Waals surface area contributed by atoms with Gasteiger partial charge < -0.3 is 29.7 Å². The van der Waals surface area contributed by atoms with Crippen molar-refractivity contribution in [3.63, 3.8) is 0 Å². The predicted molar refractivity (Wildman–Crippen MR) is 185 cm³/mol. The molecule has 1 spiro atoms. The van der Waals surface area contributed by atoms with Crippen LogP contribution in [0.4, 0.5) is 0 Å². The summed E-state index contributed by atoms with van der Waals surface area (Å²) in [6, 6.07) is 17.0. The van der Waals surface area contributed by atoms with Crippen LogP contribution in [0.15, 0.2) is 86.0 Å². The molecule has 3 aliphatic rings. The molecule has 10 heteroatoms. The highest BCUT2D eigenvalue weighted by atomic mass is 16.6. The largest absolute Gasteiger partial charge is 0.455 e. The van der Waals surface area contributed by atoms with E-state index in [-0.39, 0.29) is 49.8 Å². The lowest BCUT2D eigenvalue weighted by Gasteiger charge is -2.41. The topological polar surface area (TPSA) is 125 Å². The third-order valence-electron chi connectivity index (χ3n) is 10.5. The molecular weight excluding hydrogens is 622 g/mol. The van der Waals surface area contributed by atoms with Gasteiger partial charge in [0.25, 0.3) is 0 Å². The fraction of sp³-hybridized carbons (Fsp3) is 0.487. The van der Waals surface area contributed by atoms with Gasteiger partial charge in [-0.25, -0.2) is 0 Å². The Labute approximate surface area is 289 Å². The number of fused-ring (bicyclic) bond motifs is 1.